The molecule has 3 aromatic carbocycles. The summed E-state index contributed by atoms with van der Waals surface area (Å²) in [5.74, 6) is -0.00813. The monoisotopic (exact) mass is 476 g/mol. The molecule has 0 saturated carbocycles. The van der Waals surface area contributed by atoms with E-state index in [1.54, 1.807) is 11.0 Å². The van der Waals surface area contributed by atoms with Crippen molar-refractivity contribution in [3.05, 3.63) is 102 Å². The van der Waals surface area contributed by atoms with Crippen LogP contribution in [0.15, 0.2) is 94.9 Å². The Labute approximate surface area is 205 Å². The van der Waals surface area contributed by atoms with Gasteiger partial charge in [-0.05, 0) is 36.8 Å². The van der Waals surface area contributed by atoms with Gasteiger partial charge in [-0.25, -0.2) is 14.7 Å². The number of benzene rings is 3. The highest BCUT2D eigenvalue weighted by atomic mass is 16.4. The maximum absolute atomic E-state index is 13.1. The van der Waals surface area contributed by atoms with E-state index in [-0.39, 0.29) is 11.9 Å². The molecule has 0 spiro atoms. The van der Waals surface area contributed by atoms with E-state index in [1.165, 1.54) is 6.33 Å². The van der Waals surface area contributed by atoms with Crippen LogP contribution >= 0.6 is 0 Å². The zero-order valence-electron chi connectivity index (χ0n) is 19.2. The summed E-state index contributed by atoms with van der Waals surface area (Å²) in [4.78, 5) is 21.8. The van der Waals surface area contributed by atoms with Gasteiger partial charge in [0.15, 0.2) is 0 Å². The lowest BCUT2D eigenvalue weighted by molar-refractivity contribution is -0.116. The highest BCUT2D eigenvalue weighted by Gasteiger charge is 2.27. The van der Waals surface area contributed by atoms with E-state index in [4.69, 9.17) is 9.41 Å². The fourth-order valence-corrected chi connectivity index (χ4v) is 4.06. The molecule has 0 saturated heterocycles. The lowest BCUT2D eigenvalue weighted by atomic mass is 10.0. The number of hydrogen-bond acceptors (Lipinski definition) is 8. The molecule has 5 aromatic rings. The summed E-state index contributed by atoms with van der Waals surface area (Å²) in [5.41, 5.74) is 5.64. The van der Waals surface area contributed by atoms with Gasteiger partial charge in [-0.3, -0.25) is 4.79 Å². The number of anilines is 2. The van der Waals surface area contributed by atoms with Gasteiger partial charge in [0.2, 0.25) is 12.1 Å². The maximum Gasteiger partial charge on any atom is 0.317 e. The van der Waals surface area contributed by atoms with Crippen LogP contribution in [0.5, 0.6) is 0 Å². The summed E-state index contributed by atoms with van der Waals surface area (Å²) >= 11 is 0. The smallest absolute Gasteiger partial charge is 0.317 e. The molecule has 6 rings (SSSR count). The number of amides is 1. The first-order valence-electron chi connectivity index (χ1n) is 11.3. The Morgan fingerprint density at radius 1 is 0.972 bits per heavy atom. The minimum Gasteiger partial charge on any atom is -0.403 e. The number of nitrogens with one attached hydrogen (secondary N) is 2. The van der Waals surface area contributed by atoms with Gasteiger partial charge in [0.25, 0.3) is 5.91 Å². The molecule has 1 atom stereocenters. The third kappa shape index (κ3) is 4.00. The van der Waals surface area contributed by atoms with Crippen LogP contribution in [-0.4, -0.2) is 42.7 Å². The molecule has 176 valence electrons. The lowest BCUT2D eigenvalue weighted by Crippen LogP contribution is -2.32. The van der Waals surface area contributed by atoms with Crippen LogP contribution in [-0.2, 0) is 4.79 Å². The van der Waals surface area contributed by atoms with Gasteiger partial charge < -0.3 is 15.1 Å². The molecular formula is C26H20N8O2. The zero-order chi connectivity index (χ0) is 24.5. The van der Waals surface area contributed by atoms with Crippen molar-refractivity contribution >= 4 is 23.3 Å². The molecule has 1 aliphatic heterocycles. The van der Waals surface area contributed by atoms with Gasteiger partial charge in [-0.1, -0.05) is 53.6 Å². The Morgan fingerprint density at radius 2 is 1.81 bits per heavy atom. The molecule has 2 aromatic heterocycles. The Hall–Kier alpha value is -5.12. The van der Waals surface area contributed by atoms with E-state index in [9.17, 15) is 4.79 Å². The summed E-state index contributed by atoms with van der Waals surface area (Å²) in [6.45, 7) is 1.94. The fourth-order valence-electron chi connectivity index (χ4n) is 4.06. The lowest BCUT2D eigenvalue weighted by Gasteiger charge is -2.11. The average molecular weight is 477 g/mol. The number of benzodiazepines with no additional fused rings is 1. The minimum atomic E-state index is -0.975. The van der Waals surface area contributed by atoms with Crippen LogP contribution in [0.25, 0.3) is 17.1 Å². The first-order chi connectivity index (χ1) is 17.7. The van der Waals surface area contributed by atoms with Crippen molar-refractivity contribution < 1.29 is 9.21 Å². The number of rotatable bonds is 5. The van der Waals surface area contributed by atoms with Crippen LogP contribution in [0.2, 0.25) is 0 Å². The van der Waals surface area contributed by atoms with Crippen molar-refractivity contribution in [3.8, 4) is 17.1 Å². The zero-order valence-corrected chi connectivity index (χ0v) is 19.2. The number of aromatic nitrogens is 5. The predicted octanol–water partition coefficient (Wildman–Crippen LogP) is 3.85. The van der Waals surface area contributed by atoms with E-state index < -0.39 is 6.17 Å². The molecule has 0 radical (unpaired) electrons. The van der Waals surface area contributed by atoms with Crippen LogP contribution < -0.4 is 10.6 Å². The molecule has 1 amide bonds. The van der Waals surface area contributed by atoms with Crippen LogP contribution in [0.3, 0.4) is 0 Å². The van der Waals surface area contributed by atoms with E-state index in [1.807, 2.05) is 79.7 Å². The SMILES string of the molecule is Cc1cc(-n2cncn2)ccc1-c1nnc(NC2N=C(c3ccccc3)c3ccccc3NC2=O)o1. The Bertz CT molecular complexity index is 1570. The van der Waals surface area contributed by atoms with E-state index in [0.717, 1.165) is 27.9 Å². The third-order valence-electron chi connectivity index (χ3n) is 5.80. The van der Waals surface area contributed by atoms with E-state index in [0.29, 0.717) is 17.3 Å². The minimum absolute atomic E-state index is 0.0898. The van der Waals surface area contributed by atoms with Crippen molar-refractivity contribution in [1.82, 2.24) is 25.0 Å². The van der Waals surface area contributed by atoms with Crippen molar-refractivity contribution in [2.24, 2.45) is 4.99 Å². The van der Waals surface area contributed by atoms with Crippen LogP contribution in [0.4, 0.5) is 11.7 Å². The molecule has 36 heavy (non-hydrogen) atoms. The molecule has 10 heteroatoms. The van der Waals surface area contributed by atoms with Gasteiger partial charge in [0.05, 0.1) is 17.1 Å². The Kier molecular flexibility index (Phi) is 5.30. The van der Waals surface area contributed by atoms with Crippen molar-refractivity contribution in [2.75, 3.05) is 10.6 Å². The summed E-state index contributed by atoms with van der Waals surface area (Å²) in [6.07, 6.45) is 2.13. The van der Waals surface area contributed by atoms with Crippen molar-refractivity contribution in [3.63, 3.8) is 0 Å². The van der Waals surface area contributed by atoms with E-state index >= 15 is 0 Å². The van der Waals surface area contributed by atoms with Crippen LogP contribution in [0.1, 0.15) is 16.7 Å². The largest absolute Gasteiger partial charge is 0.403 e. The molecule has 0 aliphatic carbocycles. The molecule has 0 fully saturated rings. The van der Waals surface area contributed by atoms with Crippen LogP contribution in [0, 0.1) is 6.92 Å². The quantitative estimate of drug-likeness (QED) is 0.395. The Morgan fingerprint density at radius 3 is 2.61 bits per heavy atom. The normalized spacial score (nSPS) is 15.0. The topological polar surface area (TPSA) is 123 Å². The molecule has 10 nitrogen and oxygen atoms in total. The van der Waals surface area contributed by atoms with Gasteiger partial charge >= 0.3 is 6.01 Å². The number of hydrogen-bond donors (Lipinski definition) is 2. The number of aliphatic imine (C=N–C) groups is 1. The molecule has 1 unspecified atom stereocenters. The number of carbonyl (C=O) groups excluding carboxylic acids is 1. The van der Waals surface area contributed by atoms with Crippen molar-refractivity contribution in [2.45, 2.75) is 13.1 Å². The molecular weight excluding hydrogens is 456 g/mol. The number of nitrogens with zero attached hydrogens (tertiary/aromatic N) is 6. The number of para-hydroxylation sites is 1. The van der Waals surface area contributed by atoms with Gasteiger partial charge in [-0.2, -0.15) is 5.10 Å². The first kappa shape index (κ1) is 21.4. The number of aryl methyl sites for hydroxylation is 1. The summed E-state index contributed by atoms with van der Waals surface area (Å²) in [5, 5.41) is 18.4. The fraction of sp³-hybridized carbons (Fsp3) is 0.0769. The van der Waals surface area contributed by atoms with E-state index in [2.05, 4.69) is 30.9 Å². The molecule has 2 N–H and O–H groups in total. The van der Waals surface area contributed by atoms with Crippen molar-refractivity contribution in [1.29, 1.82) is 0 Å². The highest BCUT2D eigenvalue weighted by Crippen LogP contribution is 2.27. The average Bonchev–Trinajstić information content (AvgIpc) is 3.58. The first-order valence-corrected chi connectivity index (χ1v) is 11.3. The second-order valence-electron chi connectivity index (χ2n) is 8.18. The molecule has 1 aliphatic rings. The second-order valence-corrected chi connectivity index (χ2v) is 8.18. The maximum atomic E-state index is 13.1. The van der Waals surface area contributed by atoms with Gasteiger partial charge in [0.1, 0.15) is 12.7 Å². The number of carbonyl (C=O) groups is 1. The molecule has 3 heterocycles. The molecule has 0 bridgehead atoms. The standard InChI is InChI=1S/C26H20N8O2/c1-16-13-18(34-15-27-14-28-34)11-12-19(16)25-32-33-26(36-25)31-23-24(35)29-21-10-6-5-9-20(21)22(30-23)17-7-3-2-4-8-17/h2-15,23H,1H3,(H,29,35)(H,31,33). The summed E-state index contributed by atoms with van der Waals surface area (Å²) in [6, 6.07) is 23.1. The highest BCUT2D eigenvalue weighted by molar-refractivity contribution is 6.19. The summed E-state index contributed by atoms with van der Waals surface area (Å²) in [7, 11) is 0. The third-order valence-corrected chi connectivity index (χ3v) is 5.80. The van der Waals surface area contributed by atoms with Gasteiger partial charge in [-0.15, -0.1) is 5.10 Å². The van der Waals surface area contributed by atoms with Gasteiger partial charge in [0, 0.05) is 16.7 Å². The second kappa shape index (κ2) is 8.91. The predicted molar refractivity (Wildman–Crippen MR) is 134 cm³/mol. The number of fused-ring (bicyclic) bond motifs is 1. The Balaban J connectivity index is 1.31. The summed E-state index contributed by atoms with van der Waals surface area (Å²) < 4.78 is 7.54.